The summed E-state index contributed by atoms with van der Waals surface area (Å²) in [6, 6.07) is 11.1. The summed E-state index contributed by atoms with van der Waals surface area (Å²) in [7, 11) is -3.69. The van der Waals surface area contributed by atoms with E-state index >= 15 is 0 Å². The first-order valence-corrected chi connectivity index (χ1v) is 15.2. The van der Waals surface area contributed by atoms with Crippen LogP contribution in [0.4, 0.5) is 5.69 Å². The molecule has 1 atom stereocenters. The van der Waals surface area contributed by atoms with Gasteiger partial charge < -0.3 is 10.2 Å². The Bertz CT molecular complexity index is 1180. The molecule has 1 N–H and O–H groups in total. The van der Waals surface area contributed by atoms with Gasteiger partial charge in [0.15, 0.2) is 0 Å². The highest BCUT2D eigenvalue weighted by molar-refractivity contribution is 7.92. The number of carbonyl (C=O) groups excluding carboxylic acids is 2. The van der Waals surface area contributed by atoms with E-state index < -0.39 is 16.1 Å². The Hall–Kier alpha value is -2.00. The molecule has 0 aromatic heterocycles. The minimum atomic E-state index is -3.69. The van der Waals surface area contributed by atoms with Crippen LogP contribution in [0, 0.1) is 0 Å². The number of halogens is 3. The molecule has 2 rings (SSSR count). The smallest absolute Gasteiger partial charge is 0.242 e. The molecule has 0 saturated carbocycles. The number of benzene rings is 2. The number of anilines is 1. The van der Waals surface area contributed by atoms with Crippen LogP contribution in [0.1, 0.15) is 51.5 Å². The molecular formula is C26H34Cl3N3O4S. The lowest BCUT2D eigenvalue weighted by molar-refractivity contribution is -0.141. The normalized spacial score (nSPS) is 12.2. The first kappa shape index (κ1) is 31.2. The molecule has 0 radical (unpaired) electrons. The van der Waals surface area contributed by atoms with Crippen LogP contribution < -0.4 is 9.62 Å². The highest BCUT2D eigenvalue weighted by atomic mass is 35.5. The van der Waals surface area contributed by atoms with Gasteiger partial charge in [-0.1, -0.05) is 73.3 Å². The molecule has 1 unspecified atom stereocenters. The molecule has 0 fully saturated rings. The van der Waals surface area contributed by atoms with Crippen LogP contribution in [0.2, 0.25) is 15.1 Å². The largest absolute Gasteiger partial charge is 0.354 e. The van der Waals surface area contributed by atoms with Crippen molar-refractivity contribution < 1.29 is 18.0 Å². The molecule has 0 saturated heterocycles. The number of carbonyl (C=O) groups is 2. The van der Waals surface area contributed by atoms with Crippen LogP contribution >= 0.6 is 34.8 Å². The average molecular weight is 591 g/mol. The summed E-state index contributed by atoms with van der Waals surface area (Å²) >= 11 is 18.7. The lowest BCUT2D eigenvalue weighted by atomic mass is 10.1. The van der Waals surface area contributed by atoms with Crippen molar-refractivity contribution in [3.8, 4) is 0 Å². The first-order valence-electron chi connectivity index (χ1n) is 12.2. The lowest BCUT2D eigenvalue weighted by Gasteiger charge is -2.31. The monoisotopic (exact) mass is 589 g/mol. The van der Waals surface area contributed by atoms with Crippen molar-refractivity contribution in [3.63, 3.8) is 0 Å². The fourth-order valence-corrected chi connectivity index (χ4v) is 5.50. The van der Waals surface area contributed by atoms with Crippen LogP contribution in [0.25, 0.3) is 0 Å². The zero-order chi connectivity index (χ0) is 27.6. The Kier molecular flexibility index (Phi) is 12.5. The standard InChI is InChI=1S/C26H34Cl3N3O4S/c1-4-6-15-30-26(34)23(5-2)31(18-19-10-7-8-11-21(19)28)25(33)12-9-16-32(37(3,35)36)24-17-20(27)13-14-22(24)29/h7-8,10-11,13-14,17,23H,4-6,9,12,15-16,18H2,1-3H3,(H,30,34). The summed E-state index contributed by atoms with van der Waals surface area (Å²) in [5.41, 5.74) is 0.972. The van der Waals surface area contributed by atoms with E-state index in [0.717, 1.165) is 29.0 Å². The van der Waals surface area contributed by atoms with Crippen molar-refractivity contribution in [1.82, 2.24) is 10.2 Å². The second-order valence-corrected chi connectivity index (χ2v) is 11.9. The van der Waals surface area contributed by atoms with Gasteiger partial charge in [0.05, 0.1) is 17.0 Å². The van der Waals surface area contributed by atoms with Crippen molar-refractivity contribution in [3.05, 3.63) is 63.1 Å². The second kappa shape index (κ2) is 14.8. The minimum Gasteiger partial charge on any atom is -0.354 e. The average Bonchev–Trinajstić information content (AvgIpc) is 2.84. The van der Waals surface area contributed by atoms with Gasteiger partial charge in [0.1, 0.15) is 6.04 Å². The highest BCUT2D eigenvalue weighted by Crippen LogP contribution is 2.31. The highest BCUT2D eigenvalue weighted by Gasteiger charge is 2.29. The Labute approximate surface area is 235 Å². The maximum Gasteiger partial charge on any atom is 0.242 e. The maximum absolute atomic E-state index is 13.5. The van der Waals surface area contributed by atoms with Gasteiger partial charge in [0, 0.05) is 36.1 Å². The zero-order valence-corrected chi connectivity index (χ0v) is 24.4. The number of nitrogens with one attached hydrogen (secondary N) is 1. The SMILES string of the molecule is CCCCNC(=O)C(CC)N(Cc1ccccc1Cl)C(=O)CCCN(c1cc(Cl)ccc1Cl)S(C)(=O)=O. The number of amides is 2. The van der Waals surface area contributed by atoms with E-state index in [4.69, 9.17) is 34.8 Å². The molecule has 0 aliphatic rings. The van der Waals surface area contributed by atoms with E-state index in [1.54, 1.807) is 18.2 Å². The van der Waals surface area contributed by atoms with E-state index in [0.29, 0.717) is 23.0 Å². The summed E-state index contributed by atoms with van der Waals surface area (Å²) in [6.45, 7) is 4.60. The molecule has 0 bridgehead atoms. The number of unbranched alkanes of at least 4 members (excludes halogenated alkanes) is 1. The predicted octanol–water partition coefficient (Wildman–Crippen LogP) is 5.92. The van der Waals surface area contributed by atoms with Gasteiger partial charge in [-0.05, 0) is 49.1 Å². The zero-order valence-electron chi connectivity index (χ0n) is 21.3. The Morgan fingerprint density at radius 1 is 1.00 bits per heavy atom. The van der Waals surface area contributed by atoms with Crippen molar-refractivity contribution in [1.29, 1.82) is 0 Å². The Balaban J connectivity index is 2.24. The molecule has 204 valence electrons. The summed E-state index contributed by atoms with van der Waals surface area (Å²) in [5, 5.41) is 3.99. The summed E-state index contributed by atoms with van der Waals surface area (Å²) in [6.07, 6.45) is 3.50. The third kappa shape index (κ3) is 9.36. The molecule has 0 spiro atoms. The van der Waals surface area contributed by atoms with E-state index in [1.807, 2.05) is 26.0 Å². The topological polar surface area (TPSA) is 86.8 Å². The third-order valence-electron chi connectivity index (χ3n) is 5.84. The van der Waals surface area contributed by atoms with Crippen LogP contribution in [-0.4, -0.2) is 50.5 Å². The molecule has 0 aliphatic carbocycles. The molecule has 2 aromatic rings. The van der Waals surface area contributed by atoms with E-state index in [2.05, 4.69) is 5.32 Å². The van der Waals surface area contributed by atoms with Crippen LogP contribution in [0.5, 0.6) is 0 Å². The van der Waals surface area contributed by atoms with Gasteiger partial charge in [-0.15, -0.1) is 0 Å². The van der Waals surface area contributed by atoms with Gasteiger partial charge in [-0.2, -0.15) is 0 Å². The molecule has 2 aromatic carbocycles. The van der Waals surface area contributed by atoms with E-state index in [1.165, 1.54) is 17.0 Å². The van der Waals surface area contributed by atoms with Crippen molar-refractivity contribution >= 4 is 62.3 Å². The molecule has 7 nitrogen and oxygen atoms in total. The third-order valence-corrected chi connectivity index (χ3v) is 7.95. The van der Waals surface area contributed by atoms with Crippen molar-refractivity contribution in [2.24, 2.45) is 0 Å². The van der Waals surface area contributed by atoms with Gasteiger partial charge in [0.2, 0.25) is 21.8 Å². The predicted molar refractivity (Wildman–Crippen MR) is 152 cm³/mol. The van der Waals surface area contributed by atoms with Crippen LogP contribution in [-0.2, 0) is 26.2 Å². The Morgan fingerprint density at radius 2 is 1.70 bits per heavy atom. The molecule has 37 heavy (non-hydrogen) atoms. The van der Waals surface area contributed by atoms with Gasteiger partial charge in [0.25, 0.3) is 0 Å². The van der Waals surface area contributed by atoms with Crippen LogP contribution in [0.15, 0.2) is 42.5 Å². The minimum absolute atomic E-state index is 0.0179. The van der Waals surface area contributed by atoms with Gasteiger partial charge in [-0.25, -0.2) is 8.42 Å². The Morgan fingerprint density at radius 3 is 2.32 bits per heavy atom. The molecule has 0 aliphatic heterocycles. The first-order chi connectivity index (χ1) is 17.5. The molecular weight excluding hydrogens is 557 g/mol. The van der Waals surface area contributed by atoms with Gasteiger partial charge >= 0.3 is 0 Å². The number of nitrogens with zero attached hydrogens (tertiary/aromatic N) is 2. The molecule has 11 heteroatoms. The number of hydrogen-bond acceptors (Lipinski definition) is 4. The fourth-order valence-electron chi connectivity index (χ4n) is 3.90. The van der Waals surface area contributed by atoms with Crippen LogP contribution in [0.3, 0.4) is 0 Å². The van der Waals surface area contributed by atoms with Gasteiger partial charge in [-0.3, -0.25) is 13.9 Å². The summed E-state index contributed by atoms with van der Waals surface area (Å²) in [5.74, 6) is -0.497. The quantitative estimate of drug-likeness (QED) is 0.277. The number of sulfonamides is 1. The van der Waals surface area contributed by atoms with E-state index in [-0.39, 0.29) is 48.5 Å². The number of hydrogen-bond donors (Lipinski definition) is 1. The fraction of sp³-hybridized carbons (Fsp3) is 0.462. The number of rotatable bonds is 14. The molecule has 0 heterocycles. The summed E-state index contributed by atoms with van der Waals surface area (Å²) in [4.78, 5) is 28.0. The van der Waals surface area contributed by atoms with E-state index in [9.17, 15) is 18.0 Å². The lowest BCUT2D eigenvalue weighted by Crippen LogP contribution is -2.49. The maximum atomic E-state index is 13.5. The van der Waals surface area contributed by atoms with Crippen molar-refractivity contribution in [2.45, 2.75) is 58.5 Å². The molecule has 2 amide bonds. The summed E-state index contributed by atoms with van der Waals surface area (Å²) < 4.78 is 26.2. The van der Waals surface area contributed by atoms with Crippen molar-refractivity contribution in [2.75, 3.05) is 23.7 Å². The second-order valence-electron chi connectivity index (χ2n) is 8.72.